The Balaban J connectivity index is 2.34. The van der Waals surface area contributed by atoms with Crippen LogP contribution in [0.4, 0.5) is 0 Å². The molecule has 1 heteroatoms. The Morgan fingerprint density at radius 3 is 3.00 bits per heavy atom. The molecule has 0 fully saturated rings. The van der Waals surface area contributed by atoms with Gasteiger partial charge in [-0.05, 0) is 43.3 Å². The minimum absolute atomic E-state index is 0.163. The topological polar surface area (TPSA) is 20.2 Å². The number of hydrogen-bond acceptors (Lipinski definition) is 1. The molecule has 2 rings (SSSR count). The van der Waals surface area contributed by atoms with Crippen molar-refractivity contribution in [3.8, 4) is 0 Å². The standard InChI is InChI=1S/C11H16O/c1-7-5-8(2)11-9(6-7)3-4-10(11)12/h5,7,10,12H,3-4,6H2,1-2H3. The van der Waals surface area contributed by atoms with Crippen molar-refractivity contribution < 1.29 is 5.11 Å². The molecule has 66 valence electrons. The second-order valence-corrected chi connectivity index (χ2v) is 4.10. The Bertz CT molecular complexity index is 260. The minimum Gasteiger partial charge on any atom is -0.388 e. The van der Waals surface area contributed by atoms with Gasteiger partial charge in [0.25, 0.3) is 0 Å². The molecule has 12 heavy (non-hydrogen) atoms. The Labute approximate surface area is 73.8 Å². The zero-order valence-electron chi connectivity index (χ0n) is 7.80. The molecule has 2 atom stereocenters. The van der Waals surface area contributed by atoms with Gasteiger partial charge in [0.2, 0.25) is 0 Å². The SMILES string of the molecule is CC1=CC(C)CC2=C1C(O)CC2. The minimum atomic E-state index is -0.163. The Kier molecular flexibility index (Phi) is 1.84. The molecule has 0 saturated carbocycles. The van der Waals surface area contributed by atoms with Gasteiger partial charge in [0.15, 0.2) is 0 Å². The molecule has 2 aliphatic rings. The maximum absolute atomic E-state index is 9.68. The highest BCUT2D eigenvalue weighted by molar-refractivity contribution is 5.43. The third-order valence-corrected chi connectivity index (χ3v) is 2.96. The van der Waals surface area contributed by atoms with E-state index in [0.29, 0.717) is 5.92 Å². The smallest absolute Gasteiger partial charge is 0.0795 e. The number of rotatable bonds is 0. The monoisotopic (exact) mass is 164 g/mol. The molecule has 0 aromatic rings. The van der Waals surface area contributed by atoms with E-state index >= 15 is 0 Å². The molecule has 0 heterocycles. The van der Waals surface area contributed by atoms with Crippen molar-refractivity contribution in [2.45, 2.75) is 39.2 Å². The number of hydrogen-bond donors (Lipinski definition) is 1. The molecule has 0 saturated heterocycles. The van der Waals surface area contributed by atoms with E-state index in [2.05, 4.69) is 19.9 Å². The van der Waals surface area contributed by atoms with Crippen molar-refractivity contribution in [2.75, 3.05) is 0 Å². The van der Waals surface area contributed by atoms with Gasteiger partial charge in [0.05, 0.1) is 6.10 Å². The van der Waals surface area contributed by atoms with E-state index in [-0.39, 0.29) is 6.10 Å². The van der Waals surface area contributed by atoms with Crippen molar-refractivity contribution in [3.63, 3.8) is 0 Å². The molecule has 0 aromatic carbocycles. The molecule has 0 aromatic heterocycles. The molecule has 1 nitrogen and oxygen atoms in total. The van der Waals surface area contributed by atoms with Crippen molar-refractivity contribution >= 4 is 0 Å². The molecule has 0 aliphatic heterocycles. The first-order valence-corrected chi connectivity index (χ1v) is 4.77. The Morgan fingerprint density at radius 2 is 2.25 bits per heavy atom. The Morgan fingerprint density at radius 1 is 1.50 bits per heavy atom. The van der Waals surface area contributed by atoms with Crippen molar-refractivity contribution in [3.05, 3.63) is 22.8 Å². The first-order chi connectivity index (χ1) is 5.68. The van der Waals surface area contributed by atoms with E-state index in [1.807, 2.05) is 0 Å². The van der Waals surface area contributed by atoms with E-state index in [9.17, 15) is 5.11 Å². The normalized spacial score (nSPS) is 35.1. The van der Waals surface area contributed by atoms with Gasteiger partial charge in [0, 0.05) is 0 Å². The highest BCUT2D eigenvalue weighted by Crippen LogP contribution is 2.39. The lowest BCUT2D eigenvalue weighted by Gasteiger charge is -2.20. The quantitative estimate of drug-likeness (QED) is 0.583. The summed E-state index contributed by atoms with van der Waals surface area (Å²) in [5.74, 6) is 0.675. The van der Waals surface area contributed by atoms with Crippen LogP contribution in [0.3, 0.4) is 0 Å². The second-order valence-electron chi connectivity index (χ2n) is 4.10. The van der Waals surface area contributed by atoms with Crippen LogP contribution in [0.15, 0.2) is 22.8 Å². The zero-order valence-corrected chi connectivity index (χ0v) is 7.80. The molecular weight excluding hydrogens is 148 g/mol. The van der Waals surface area contributed by atoms with Crippen LogP contribution in [0.25, 0.3) is 0 Å². The van der Waals surface area contributed by atoms with E-state index in [1.54, 1.807) is 0 Å². The van der Waals surface area contributed by atoms with E-state index < -0.39 is 0 Å². The molecular formula is C11H16O. The highest BCUT2D eigenvalue weighted by atomic mass is 16.3. The number of aliphatic hydroxyl groups is 1. The molecule has 2 aliphatic carbocycles. The van der Waals surface area contributed by atoms with E-state index in [4.69, 9.17) is 0 Å². The van der Waals surface area contributed by atoms with Gasteiger partial charge < -0.3 is 5.11 Å². The van der Waals surface area contributed by atoms with E-state index in [0.717, 1.165) is 12.8 Å². The summed E-state index contributed by atoms with van der Waals surface area (Å²) in [5.41, 5.74) is 4.08. The van der Waals surface area contributed by atoms with Crippen LogP contribution >= 0.6 is 0 Å². The van der Waals surface area contributed by atoms with Gasteiger partial charge in [-0.1, -0.05) is 18.6 Å². The first kappa shape index (κ1) is 8.06. The lowest BCUT2D eigenvalue weighted by molar-refractivity contribution is 0.213. The summed E-state index contributed by atoms with van der Waals surface area (Å²) in [5, 5.41) is 9.68. The zero-order chi connectivity index (χ0) is 8.72. The van der Waals surface area contributed by atoms with Crippen LogP contribution in [0.5, 0.6) is 0 Å². The van der Waals surface area contributed by atoms with Crippen LogP contribution < -0.4 is 0 Å². The maximum atomic E-state index is 9.68. The summed E-state index contributed by atoms with van der Waals surface area (Å²) in [7, 11) is 0. The van der Waals surface area contributed by atoms with Crippen molar-refractivity contribution in [2.24, 2.45) is 5.92 Å². The third-order valence-electron chi connectivity index (χ3n) is 2.96. The van der Waals surface area contributed by atoms with E-state index in [1.165, 1.54) is 23.1 Å². The van der Waals surface area contributed by atoms with Crippen LogP contribution in [-0.4, -0.2) is 11.2 Å². The van der Waals surface area contributed by atoms with Gasteiger partial charge in [-0.3, -0.25) is 0 Å². The molecule has 0 amide bonds. The average Bonchev–Trinajstić information content (AvgIpc) is 2.31. The molecule has 0 radical (unpaired) electrons. The summed E-state index contributed by atoms with van der Waals surface area (Å²) in [6.07, 6.45) is 5.36. The Hall–Kier alpha value is -0.560. The summed E-state index contributed by atoms with van der Waals surface area (Å²) < 4.78 is 0. The van der Waals surface area contributed by atoms with Gasteiger partial charge in [-0.15, -0.1) is 0 Å². The fraction of sp³-hybridized carbons (Fsp3) is 0.636. The highest BCUT2D eigenvalue weighted by Gasteiger charge is 2.27. The summed E-state index contributed by atoms with van der Waals surface area (Å²) in [4.78, 5) is 0. The number of allylic oxidation sites excluding steroid dienone is 2. The lowest BCUT2D eigenvalue weighted by Crippen LogP contribution is -2.10. The van der Waals surface area contributed by atoms with Crippen LogP contribution in [0, 0.1) is 5.92 Å². The number of aliphatic hydroxyl groups excluding tert-OH is 1. The summed E-state index contributed by atoms with van der Waals surface area (Å²) in [6.45, 7) is 4.37. The van der Waals surface area contributed by atoms with Crippen LogP contribution in [0.1, 0.15) is 33.1 Å². The maximum Gasteiger partial charge on any atom is 0.0795 e. The predicted molar refractivity (Wildman–Crippen MR) is 49.8 cm³/mol. The molecule has 1 N–H and O–H groups in total. The summed E-state index contributed by atoms with van der Waals surface area (Å²) in [6, 6.07) is 0. The fourth-order valence-electron chi connectivity index (χ4n) is 2.54. The van der Waals surface area contributed by atoms with Gasteiger partial charge >= 0.3 is 0 Å². The van der Waals surface area contributed by atoms with Gasteiger partial charge in [-0.25, -0.2) is 0 Å². The van der Waals surface area contributed by atoms with Crippen LogP contribution in [-0.2, 0) is 0 Å². The first-order valence-electron chi connectivity index (χ1n) is 4.77. The lowest BCUT2D eigenvalue weighted by atomic mass is 9.87. The average molecular weight is 164 g/mol. The fourth-order valence-corrected chi connectivity index (χ4v) is 2.54. The predicted octanol–water partition coefficient (Wildman–Crippen LogP) is 2.42. The second kappa shape index (κ2) is 2.74. The largest absolute Gasteiger partial charge is 0.388 e. The van der Waals surface area contributed by atoms with Gasteiger partial charge in [0.1, 0.15) is 0 Å². The summed E-state index contributed by atoms with van der Waals surface area (Å²) >= 11 is 0. The molecule has 0 bridgehead atoms. The van der Waals surface area contributed by atoms with Crippen molar-refractivity contribution in [1.29, 1.82) is 0 Å². The van der Waals surface area contributed by atoms with Crippen LogP contribution in [0.2, 0.25) is 0 Å². The van der Waals surface area contributed by atoms with Crippen molar-refractivity contribution in [1.82, 2.24) is 0 Å². The van der Waals surface area contributed by atoms with Gasteiger partial charge in [-0.2, -0.15) is 0 Å². The molecule has 0 spiro atoms. The molecule has 2 unspecified atom stereocenters. The third kappa shape index (κ3) is 1.13.